The van der Waals surface area contributed by atoms with Crippen molar-refractivity contribution in [1.82, 2.24) is 5.32 Å². The van der Waals surface area contributed by atoms with Crippen LogP contribution in [0.5, 0.6) is 0 Å². The summed E-state index contributed by atoms with van der Waals surface area (Å²) in [6, 6.07) is 13.6. The number of anilines is 1. The second kappa shape index (κ2) is 6.88. The summed E-state index contributed by atoms with van der Waals surface area (Å²) in [6.45, 7) is 1.78. The van der Waals surface area contributed by atoms with E-state index in [1.165, 1.54) is 6.07 Å². The van der Waals surface area contributed by atoms with E-state index >= 15 is 0 Å². The van der Waals surface area contributed by atoms with Gasteiger partial charge in [0.2, 0.25) is 5.91 Å². The molecule has 4 heteroatoms. The Kier molecular flexibility index (Phi) is 4.93. The summed E-state index contributed by atoms with van der Waals surface area (Å²) in [6.07, 6.45) is 0.999. The number of hydrogen-bond donors (Lipinski definition) is 2. The van der Waals surface area contributed by atoms with Crippen LogP contribution in [0.2, 0.25) is 0 Å². The maximum Gasteiger partial charge on any atom is 0.220 e. The molecular formula is C17H19FN2O. The largest absolute Gasteiger partial charge is 0.399 e. The molecule has 0 spiro atoms. The molecule has 110 valence electrons. The minimum absolute atomic E-state index is 0.0948. The topological polar surface area (TPSA) is 55.1 Å². The van der Waals surface area contributed by atoms with Crippen LogP contribution in [0.25, 0.3) is 0 Å². The van der Waals surface area contributed by atoms with Crippen molar-refractivity contribution in [2.75, 3.05) is 5.73 Å². The first-order valence-electron chi connectivity index (χ1n) is 6.94. The van der Waals surface area contributed by atoms with Crippen molar-refractivity contribution in [3.8, 4) is 0 Å². The van der Waals surface area contributed by atoms with Gasteiger partial charge in [-0.3, -0.25) is 4.79 Å². The van der Waals surface area contributed by atoms with Crippen LogP contribution in [0.15, 0.2) is 48.5 Å². The number of halogens is 1. The molecule has 0 radical (unpaired) electrons. The summed E-state index contributed by atoms with van der Waals surface area (Å²) in [5.74, 6) is -0.397. The molecule has 21 heavy (non-hydrogen) atoms. The molecule has 0 fully saturated rings. The summed E-state index contributed by atoms with van der Waals surface area (Å²) >= 11 is 0. The number of nitrogens with two attached hydrogens (primary N) is 1. The highest BCUT2D eigenvalue weighted by atomic mass is 19.1. The standard InChI is InChI=1S/C17H19FN2O/c1-12(15-4-2-3-5-16(15)18)20-17(21)11-8-13-6-9-14(19)10-7-13/h2-7,9-10,12H,8,11,19H2,1H3,(H,20,21)/t12-/m1/s1. The van der Waals surface area contributed by atoms with Gasteiger partial charge in [-0.25, -0.2) is 4.39 Å². The third kappa shape index (κ3) is 4.31. The van der Waals surface area contributed by atoms with Gasteiger partial charge in [0.15, 0.2) is 0 Å². The highest BCUT2D eigenvalue weighted by Gasteiger charge is 2.12. The third-order valence-corrected chi connectivity index (χ3v) is 3.37. The molecule has 3 nitrogen and oxygen atoms in total. The maximum absolute atomic E-state index is 13.6. The van der Waals surface area contributed by atoms with Crippen molar-refractivity contribution in [2.45, 2.75) is 25.8 Å². The minimum Gasteiger partial charge on any atom is -0.399 e. The third-order valence-electron chi connectivity index (χ3n) is 3.37. The van der Waals surface area contributed by atoms with Gasteiger partial charge >= 0.3 is 0 Å². The number of nitrogen functional groups attached to an aromatic ring is 1. The van der Waals surface area contributed by atoms with Crippen LogP contribution in [0, 0.1) is 5.82 Å². The van der Waals surface area contributed by atoms with Gasteiger partial charge in [-0.2, -0.15) is 0 Å². The Morgan fingerprint density at radius 1 is 1.19 bits per heavy atom. The molecule has 0 aromatic heterocycles. The van der Waals surface area contributed by atoms with Gasteiger partial charge < -0.3 is 11.1 Å². The van der Waals surface area contributed by atoms with Crippen LogP contribution in [0.1, 0.15) is 30.5 Å². The summed E-state index contributed by atoms with van der Waals surface area (Å²) in [5, 5.41) is 2.82. The number of hydrogen-bond acceptors (Lipinski definition) is 2. The number of rotatable bonds is 5. The van der Waals surface area contributed by atoms with Gasteiger partial charge in [0.1, 0.15) is 5.82 Å². The van der Waals surface area contributed by atoms with Gasteiger partial charge in [0.25, 0.3) is 0 Å². The predicted molar refractivity (Wildman–Crippen MR) is 82.1 cm³/mol. The Hall–Kier alpha value is -2.36. The van der Waals surface area contributed by atoms with Crippen LogP contribution in [0.3, 0.4) is 0 Å². The summed E-state index contributed by atoms with van der Waals surface area (Å²) in [5.41, 5.74) is 7.87. The minimum atomic E-state index is -0.342. The smallest absolute Gasteiger partial charge is 0.220 e. The number of carbonyl (C=O) groups excluding carboxylic acids is 1. The molecule has 1 atom stereocenters. The van der Waals surface area contributed by atoms with Gasteiger partial charge in [0, 0.05) is 17.7 Å². The lowest BCUT2D eigenvalue weighted by atomic mass is 10.1. The second-order valence-electron chi connectivity index (χ2n) is 5.05. The normalized spacial score (nSPS) is 11.9. The molecule has 0 heterocycles. The highest BCUT2D eigenvalue weighted by Crippen LogP contribution is 2.16. The Morgan fingerprint density at radius 2 is 1.86 bits per heavy atom. The quantitative estimate of drug-likeness (QED) is 0.829. The highest BCUT2D eigenvalue weighted by molar-refractivity contribution is 5.76. The van der Waals surface area contributed by atoms with E-state index in [0.29, 0.717) is 24.1 Å². The summed E-state index contributed by atoms with van der Waals surface area (Å²) < 4.78 is 13.6. The van der Waals surface area contributed by atoms with E-state index in [9.17, 15) is 9.18 Å². The zero-order valence-corrected chi connectivity index (χ0v) is 12.0. The van der Waals surface area contributed by atoms with E-state index in [2.05, 4.69) is 5.32 Å². The summed E-state index contributed by atoms with van der Waals surface area (Å²) in [7, 11) is 0. The lowest BCUT2D eigenvalue weighted by Gasteiger charge is -2.15. The van der Waals surface area contributed by atoms with Crippen molar-refractivity contribution in [3.63, 3.8) is 0 Å². The van der Waals surface area contributed by atoms with Crippen LogP contribution in [0.4, 0.5) is 10.1 Å². The number of aryl methyl sites for hydroxylation is 1. The zero-order valence-electron chi connectivity index (χ0n) is 12.0. The molecule has 0 saturated carbocycles. The first-order valence-corrected chi connectivity index (χ1v) is 6.94. The molecule has 2 rings (SSSR count). The van der Waals surface area contributed by atoms with Crippen LogP contribution in [-0.2, 0) is 11.2 Å². The van der Waals surface area contributed by atoms with E-state index < -0.39 is 0 Å². The molecule has 0 aliphatic carbocycles. The first-order chi connectivity index (χ1) is 10.1. The average Bonchev–Trinajstić information content (AvgIpc) is 2.47. The van der Waals surface area contributed by atoms with Crippen molar-refractivity contribution in [1.29, 1.82) is 0 Å². The van der Waals surface area contributed by atoms with Gasteiger partial charge in [0.05, 0.1) is 6.04 Å². The Bertz CT molecular complexity index is 610. The molecule has 0 aliphatic rings. The first kappa shape index (κ1) is 15.0. The van der Waals surface area contributed by atoms with E-state index in [1.807, 2.05) is 24.3 Å². The number of benzene rings is 2. The lowest BCUT2D eigenvalue weighted by Crippen LogP contribution is -2.27. The summed E-state index contributed by atoms with van der Waals surface area (Å²) in [4.78, 5) is 11.9. The predicted octanol–water partition coefficient (Wildman–Crippen LogP) is 3.22. The van der Waals surface area contributed by atoms with Gasteiger partial charge in [-0.15, -0.1) is 0 Å². The Balaban J connectivity index is 1.87. The lowest BCUT2D eigenvalue weighted by molar-refractivity contribution is -0.121. The molecule has 0 aliphatic heterocycles. The zero-order chi connectivity index (χ0) is 15.2. The monoisotopic (exact) mass is 286 g/mol. The molecule has 0 bridgehead atoms. The number of carbonyl (C=O) groups is 1. The van der Waals surface area contributed by atoms with Crippen molar-refractivity contribution in [2.24, 2.45) is 0 Å². The van der Waals surface area contributed by atoms with Crippen LogP contribution >= 0.6 is 0 Å². The SMILES string of the molecule is C[C@@H](NC(=O)CCc1ccc(N)cc1)c1ccccc1F. The van der Waals surface area contributed by atoms with Crippen molar-refractivity contribution in [3.05, 3.63) is 65.5 Å². The average molecular weight is 286 g/mol. The Labute approximate surface area is 124 Å². The van der Waals surface area contributed by atoms with E-state index in [0.717, 1.165) is 5.56 Å². The number of amides is 1. The molecule has 2 aromatic carbocycles. The molecule has 3 N–H and O–H groups in total. The fourth-order valence-corrected chi connectivity index (χ4v) is 2.16. The maximum atomic E-state index is 13.6. The van der Waals surface area contributed by atoms with E-state index in [1.54, 1.807) is 25.1 Å². The Morgan fingerprint density at radius 3 is 2.52 bits per heavy atom. The van der Waals surface area contributed by atoms with Crippen LogP contribution in [-0.4, -0.2) is 5.91 Å². The molecule has 0 unspecified atom stereocenters. The fraction of sp³-hybridized carbons (Fsp3) is 0.235. The second-order valence-corrected chi connectivity index (χ2v) is 5.05. The molecule has 2 aromatic rings. The fourth-order valence-electron chi connectivity index (χ4n) is 2.16. The van der Waals surface area contributed by atoms with Gasteiger partial charge in [-0.1, -0.05) is 30.3 Å². The van der Waals surface area contributed by atoms with Gasteiger partial charge in [-0.05, 0) is 37.1 Å². The number of nitrogens with one attached hydrogen (secondary N) is 1. The van der Waals surface area contributed by atoms with Crippen LogP contribution < -0.4 is 11.1 Å². The molecular weight excluding hydrogens is 267 g/mol. The molecule has 1 amide bonds. The molecule has 0 saturated heterocycles. The van der Waals surface area contributed by atoms with Crippen molar-refractivity contribution >= 4 is 11.6 Å². The van der Waals surface area contributed by atoms with E-state index in [-0.39, 0.29) is 17.8 Å². The van der Waals surface area contributed by atoms with E-state index in [4.69, 9.17) is 5.73 Å². The van der Waals surface area contributed by atoms with Crippen molar-refractivity contribution < 1.29 is 9.18 Å².